The van der Waals surface area contributed by atoms with Crippen molar-refractivity contribution in [1.29, 1.82) is 0 Å². The molecule has 0 radical (unpaired) electrons. The van der Waals surface area contributed by atoms with Gasteiger partial charge in [0.2, 0.25) is 0 Å². The average Bonchev–Trinajstić information content (AvgIpc) is 2.89. The Balaban J connectivity index is 2.14. The fourth-order valence-electron chi connectivity index (χ4n) is 1.79. The Morgan fingerprint density at radius 1 is 1.62 bits per heavy atom. The van der Waals surface area contributed by atoms with E-state index in [1.54, 1.807) is 0 Å². The molecule has 0 aromatic carbocycles. The fourth-order valence-corrected chi connectivity index (χ4v) is 1.79. The summed E-state index contributed by atoms with van der Waals surface area (Å²) in [6.45, 7) is 0.773. The summed E-state index contributed by atoms with van der Waals surface area (Å²) in [5, 5.41) is 4.31. The normalized spacial score (nSPS) is 16.5. The summed E-state index contributed by atoms with van der Waals surface area (Å²) in [5.74, 6) is 0.807. The number of nitrogens with two attached hydrogens (primary N) is 1. The molecule has 3 heteroatoms. The average molecular weight is 179 g/mol. The third-order valence-corrected chi connectivity index (χ3v) is 2.73. The molecule has 1 aliphatic rings. The Hall–Kier alpha value is -0.830. The predicted octanol–water partition coefficient (Wildman–Crippen LogP) is 1.19. The highest BCUT2D eigenvalue weighted by molar-refractivity contribution is 5.26. The molecule has 13 heavy (non-hydrogen) atoms. The van der Waals surface area contributed by atoms with Gasteiger partial charge in [0.25, 0.3) is 0 Å². The van der Waals surface area contributed by atoms with Crippen molar-refractivity contribution < 1.29 is 0 Å². The summed E-state index contributed by atoms with van der Waals surface area (Å²) >= 11 is 0. The molecule has 1 saturated carbocycles. The second-order valence-electron chi connectivity index (χ2n) is 3.84. The van der Waals surface area contributed by atoms with Crippen molar-refractivity contribution in [3.63, 3.8) is 0 Å². The number of aromatic nitrogens is 2. The molecule has 72 valence electrons. The third-order valence-electron chi connectivity index (χ3n) is 2.73. The fraction of sp³-hybridized carbons (Fsp3) is 0.700. The Morgan fingerprint density at radius 2 is 2.38 bits per heavy atom. The highest BCUT2D eigenvalue weighted by Gasteiger charge is 2.27. The predicted molar refractivity (Wildman–Crippen MR) is 52.6 cm³/mol. The molecular formula is C10H17N3. The van der Waals surface area contributed by atoms with Crippen LogP contribution in [0.4, 0.5) is 0 Å². The maximum Gasteiger partial charge on any atom is 0.0527 e. The van der Waals surface area contributed by atoms with E-state index in [0.717, 1.165) is 25.3 Å². The summed E-state index contributed by atoms with van der Waals surface area (Å²) in [5.41, 5.74) is 8.37. The van der Waals surface area contributed by atoms with Gasteiger partial charge in [-0.05, 0) is 43.7 Å². The van der Waals surface area contributed by atoms with Crippen molar-refractivity contribution >= 4 is 0 Å². The van der Waals surface area contributed by atoms with Crippen molar-refractivity contribution in [2.45, 2.75) is 31.6 Å². The van der Waals surface area contributed by atoms with Crippen LogP contribution in [0.1, 0.15) is 36.4 Å². The monoisotopic (exact) mass is 179 g/mol. The molecule has 2 N–H and O–H groups in total. The van der Waals surface area contributed by atoms with E-state index >= 15 is 0 Å². The first kappa shape index (κ1) is 8.75. The Morgan fingerprint density at radius 3 is 3.00 bits per heavy atom. The second kappa shape index (κ2) is 3.50. The van der Waals surface area contributed by atoms with Gasteiger partial charge in [0.1, 0.15) is 0 Å². The minimum absolute atomic E-state index is 0.773. The number of rotatable bonds is 4. The molecule has 3 nitrogen and oxygen atoms in total. The van der Waals surface area contributed by atoms with Crippen LogP contribution in [0.2, 0.25) is 0 Å². The quantitative estimate of drug-likeness (QED) is 0.754. The minimum Gasteiger partial charge on any atom is -0.330 e. The standard InChI is InChI=1S/C10H17N3/c1-13-10(3-2-6-11)9(7-12-13)8-4-5-8/h7-8H,2-6,11H2,1H3. The minimum atomic E-state index is 0.773. The molecule has 0 saturated heterocycles. The van der Waals surface area contributed by atoms with Crippen LogP contribution in [0.5, 0.6) is 0 Å². The number of aryl methyl sites for hydroxylation is 1. The largest absolute Gasteiger partial charge is 0.330 e. The second-order valence-corrected chi connectivity index (χ2v) is 3.84. The lowest BCUT2D eigenvalue weighted by Crippen LogP contribution is -2.05. The number of hydrogen-bond acceptors (Lipinski definition) is 2. The molecule has 0 aliphatic heterocycles. The summed E-state index contributed by atoms with van der Waals surface area (Å²) in [6.07, 6.45) is 6.88. The first-order valence-electron chi connectivity index (χ1n) is 5.03. The summed E-state index contributed by atoms with van der Waals surface area (Å²) < 4.78 is 2.00. The van der Waals surface area contributed by atoms with Crippen LogP contribution in [0, 0.1) is 0 Å². The lowest BCUT2D eigenvalue weighted by molar-refractivity contribution is 0.681. The van der Waals surface area contributed by atoms with Gasteiger partial charge >= 0.3 is 0 Å². The van der Waals surface area contributed by atoms with Crippen LogP contribution in [-0.2, 0) is 13.5 Å². The van der Waals surface area contributed by atoms with Crippen LogP contribution >= 0.6 is 0 Å². The summed E-state index contributed by atoms with van der Waals surface area (Å²) in [4.78, 5) is 0. The molecule has 1 aliphatic carbocycles. The van der Waals surface area contributed by atoms with Crippen molar-refractivity contribution in [3.8, 4) is 0 Å². The van der Waals surface area contributed by atoms with E-state index in [4.69, 9.17) is 5.73 Å². The molecule has 1 aromatic rings. The topological polar surface area (TPSA) is 43.8 Å². The molecular weight excluding hydrogens is 162 g/mol. The third kappa shape index (κ3) is 1.75. The Bertz CT molecular complexity index is 286. The van der Waals surface area contributed by atoms with Crippen molar-refractivity contribution in [2.24, 2.45) is 12.8 Å². The zero-order valence-corrected chi connectivity index (χ0v) is 8.16. The molecule has 0 unspecified atom stereocenters. The summed E-state index contributed by atoms with van der Waals surface area (Å²) in [6, 6.07) is 0. The van der Waals surface area contributed by atoms with Crippen LogP contribution in [0.15, 0.2) is 6.20 Å². The van der Waals surface area contributed by atoms with Crippen LogP contribution in [0.25, 0.3) is 0 Å². The molecule has 2 rings (SSSR count). The van der Waals surface area contributed by atoms with E-state index in [1.807, 2.05) is 17.9 Å². The van der Waals surface area contributed by atoms with Gasteiger partial charge in [-0.2, -0.15) is 5.10 Å². The van der Waals surface area contributed by atoms with Crippen molar-refractivity contribution in [2.75, 3.05) is 6.54 Å². The SMILES string of the molecule is Cn1ncc(C2CC2)c1CCCN. The molecule has 1 fully saturated rings. The molecule has 0 amide bonds. The van der Waals surface area contributed by atoms with Gasteiger partial charge in [0.05, 0.1) is 6.20 Å². The summed E-state index contributed by atoms with van der Waals surface area (Å²) in [7, 11) is 2.03. The van der Waals surface area contributed by atoms with Crippen LogP contribution in [0.3, 0.4) is 0 Å². The molecule has 0 atom stereocenters. The van der Waals surface area contributed by atoms with E-state index in [9.17, 15) is 0 Å². The Kier molecular flexibility index (Phi) is 2.36. The first-order chi connectivity index (χ1) is 6.33. The maximum atomic E-state index is 5.51. The maximum absolute atomic E-state index is 5.51. The number of nitrogens with zero attached hydrogens (tertiary/aromatic N) is 2. The van der Waals surface area contributed by atoms with Gasteiger partial charge in [-0.15, -0.1) is 0 Å². The molecule has 1 aromatic heterocycles. The Labute approximate surface area is 78.9 Å². The van der Waals surface area contributed by atoms with Gasteiger partial charge in [0.15, 0.2) is 0 Å². The van der Waals surface area contributed by atoms with Crippen molar-refractivity contribution in [1.82, 2.24) is 9.78 Å². The lowest BCUT2D eigenvalue weighted by Gasteiger charge is -2.03. The van der Waals surface area contributed by atoms with Gasteiger partial charge in [-0.3, -0.25) is 4.68 Å². The highest BCUT2D eigenvalue weighted by Crippen LogP contribution is 2.41. The molecule has 1 heterocycles. The van der Waals surface area contributed by atoms with E-state index < -0.39 is 0 Å². The first-order valence-corrected chi connectivity index (χ1v) is 5.03. The number of hydrogen-bond donors (Lipinski definition) is 1. The highest BCUT2D eigenvalue weighted by atomic mass is 15.3. The van der Waals surface area contributed by atoms with Crippen LogP contribution in [-0.4, -0.2) is 16.3 Å². The zero-order valence-electron chi connectivity index (χ0n) is 8.16. The van der Waals surface area contributed by atoms with Crippen LogP contribution < -0.4 is 5.73 Å². The van der Waals surface area contributed by atoms with E-state index in [1.165, 1.54) is 24.1 Å². The van der Waals surface area contributed by atoms with Gasteiger partial charge in [-0.25, -0.2) is 0 Å². The van der Waals surface area contributed by atoms with E-state index in [2.05, 4.69) is 5.10 Å². The van der Waals surface area contributed by atoms with E-state index in [0.29, 0.717) is 0 Å². The smallest absolute Gasteiger partial charge is 0.0527 e. The molecule has 0 spiro atoms. The van der Waals surface area contributed by atoms with Gasteiger partial charge < -0.3 is 5.73 Å². The lowest BCUT2D eigenvalue weighted by atomic mass is 10.1. The van der Waals surface area contributed by atoms with E-state index in [-0.39, 0.29) is 0 Å². The zero-order chi connectivity index (χ0) is 9.26. The van der Waals surface area contributed by atoms with Gasteiger partial charge in [-0.1, -0.05) is 0 Å². The molecule has 0 bridgehead atoms. The van der Waals surface area contributed by atoms with Gasteiger partial charge in [0, 0.05) is 12.7 Å². The van der Waals surface area contributed by atoms with Crippen molar-refractivity contribution in [3.05, 3.63) is 17.5 Å².